The smallest absolute Gasteiger partial charge is 0.169 e. The summed E-state index contributed by atoms with van der Waals surface area (Å²) in [6.07, 6.45) is 0.540. The predicted molar refractivity (Wildman–Crippen MR) is 56.0 cm³/mol. The molecule has 0 spiro atoms. The molecule has 0 radical (unpaired) electrons. The monoisotopic (exact) mass is 205 g/mol. The van der Waals surface area contributed by atoms with Gasteiger partial charge in [0.2, 0.25) is 0 Å². The molecule has 0 bridgehead atoms. The van der Waals surface area contributed by atoms with E-state index in [1.807, 2.05) is 0 Å². The molecule has 0 fully saturated rings. The quantitative estimate of drug-likeness (QED) is 0.545. The van der Waals surface area contributed by atoms with Crippen molar-refractivity contribution >= 4 is 6.29 Å². The summed E-state index contributed by atoms with van der Waals surface area (Å²) in [5.41, 5.74) is 5.77. The van der Waals surface area contributed by atoms with Gasteiger partial charge in [0, 0.05) is 5.56 Å². The first-order chi connectivity index (χ1) is 7.24. The first kappa shape index (κ1) is 11.1. The SMILES string of the molecule is COc1ccc(C#CCN)c(C=O)c1O. The topological polar surface area (TPSA) is 72.5 Å². The highest BCUT2D eigenvalue weighted by atomic mass is 16.5. The van der Waals surface area contributed by atoms with Crippen molar-refractivity contribution in [3.63, 3.8) is 0 Å². The molecule has 78 valence electrons. The van der Waals surface area contributed by atoms with Crippen molar-refractivity contribution in [2.45, 2.75) is 0 Å². The lowest BCUT2D eigenvalue weighted by Crippen LogP contribution is -1.95. The van der Waals surface area contributed by atoms with Crippen LogP contribution >= 0.6 is 0 Å². The van der Waals surface area contributed by atoms with Gasteiger partial charge in [0.05, 0.1) is 19.2 Å². The van der Waals surface area contributed by atoms with E-state index in [0.717, 1.165) is 0 Å². The molecule has 4 nitrogen and oxygen atoms in total. The Morgan fingerprint density at radius 3 is 2.87 bits per heavy atom. The Balaban J connectivity index is 3.30. The molecule has 0 aliphatic heterocycles. The first-order valence-corrected chi connectivity index (χ1v) is 4.28. The fraction of sp³-hybridized carbons (Fsp3) is 0.182. The molecule has 0 saturated heterocycles. The maximum Gasteiger partial charge on any atom is 0.169 e. The number of phenols is 1. The summed E-state index contributed by atoms with van der Waals surface area (Å²) < 4.78 is 4.87. The van der Waals surface area contributed by atoms with Crippen LogP contribution in [0.2, 0.25) is 0 Å². The Hall–Kier alpha value is -1.99. The summed E-state index contributed by atoms with van der Waals surface area (Å²) in [4.78, 5) is 10.8. The summed E-state index contributed by atoms with van der Waals surface area (Å²) in [6.45, 7) is 0.199. The molecule has 0 aliphatic rings. The predicted octanol–water partition coefficient (Wildman–Crippen LogP) is 0.524. The van der Waals surface area contributed by atoms with Crippen molar-refractivity contribution in [3.05, 3.63) is 23.3 Å². The number of benzene rings is 1. The molecule has 15 heavy (non-hydrogen) atoms. The average molecular weight is 205 g/mol. The largest absolute Gasteiger partial charge is 0.504 e. The van der Waals surface area contributed by atoms with Crippen LogP contribution < -0.4 is 10.5 Å². The third-order valence-corrected chi connectivity index (χ3v) is 1.84. The lowest BCUT2D eigenvalue weighted by molar-refractivity contribution is 0.112. The number of aromatic hydroxyl groups is 1. The number of nitrogens with two attached hydrogens (primary N) is 1. The summed E-state index contributed by atoms with van der Waals surface area (Å²) >= 11 is 0. The maximum absolute atomic E-state index is 10.8. The van der Waals surface area contributed by atoms with E-state index in [0.29, 0.717) is 11.8 Å². The van der Waals surface area contributed by atoms with E-state index in [-0.39, 0.29) is 23.6 Å². The molecule has 0 unspecified atom stereocenters. The van der Waals surface area contributed by atoms with Crippen LogP contribution in [0.3, 0.4) is 0 Å². The molecule has 1 aromatic carbocycles. The molecule has 0 amide bonds. The lowest BCUT2D eigenvalue weighted by atomic mass is 10.1. The van der Waals surface area contributed by atoms with Crippen LogP contribution in [0.1, 0.15) is 15.9 Å². The number of hydrogen-bond donors (Lipinski definition) is 2. The van der Waals surface area contributed by atoms with Crippen LogP contribution in [0.15, 0.2) is 12.1 Å². The number of carbonyl (C=O) groups is 1. The van der Waals surface area contributed by atoms with Crippen molar-refractivity contribution in [2.24, 2.45) is 5.73 Å². The summed E-state index contributed by atoms with van der Waals surface area (Å²) in [5.74, 6) is 5.35. The Bertz CT molecular complexity index is 429. The second kappa shape index (κ2) is 5.03. The van der Waals surface area contributed by atoms with E-state index in [1.165, 1.54) is 7.11 Å². The Morgan fingerprint density at radius 2 is 2.33 bits per heavy atom. The second-order valence-corrected chi connectivity index (χ2v) is 2.70. The van der Waals surface area contributed by atoms with Gasteiger partial charge in [-0.15, -0.1) is 0 Å². The number of aldehydes is 1. The second-order valence-electron chi connectivity index (χ2n) is 2.70. The Labute approximate surface area is 87.7 Å². The lowest BCUT2D eigenvalue weighted by Gasteiger charge is -2.06. The Morgan fingerprint density at radius 1 is 1.60 bits per heavy atom. The van der Waals surface area contributed by atoms with E-state index < -0.39 is 0 Å². The van der Waals surface area contributed by atoms with Gasteiger partial charge >= 0.3 is 0 Å². The van der Waals surface area contributed by atoms with Crippen LogP contribution in [0, 0.1) is 11.8 Å². The van der Waals surface area contributed by atoms with Gasteiger partial charge in [-0.3, -0.25) is 4.79 Å². The van der Waals surface area contributed by atoms with Crippen LogP contribution in [-0.2, 0) is 0 Å². The van der Waals surface area contributed by atoms with Crippen LogP contribution in [0.25, 0.3) is 0 Å². The Kier molecular flexibility index (Phi) is 3.72. The first-order valence-electron chi connectivity index (χ1n) is 4.28. The zero-order valence-electron chi connectivity index (χ0n) is 8.28. The van der Waals surface area contributed by atoms with E-state index in [2.05, 4.69) is 11.8 Å². The highest BCUT2D eigenvalue weighted by Crippen LogP contribution is 2.30. The fourth-order valence-electron chi connectivity index (χ4n) is 1.13. The normalized spacial score (nSPS) is 8.93. The standard InChI is InChI=1S/C11H11NO3/c1-15-10-5-4-8(3-2-6-12)9(7-13)11(10)14/h4-5,7,14H,6,12H2,1H3. The van der Waals surface area contributed by atoms with Crippen LogP contribution in [-0.4, -0.2) is 25.0 Å². The zero-order valence-corrected chi connectivity index (χ0v) is 8.28. The minimum Gasteiger partial charge on any atom is -0.504 e. The minimum atomic E-state index is -0.198. The summed E-state index contributed by atoms with van der Waals surface area (Å²) in [7, 11) is 1.41. The fourth-order valence-corrected chi connectivity index (χ4v) is 1.13. The van der Waals surface area contributed by atoms with Crippen LogP contribution in [0.5, 0.6) is 11.5 Å². The highest BCUT2D eigenvalue weighted by Gasteiger charge is 2.10. The average Bonchev–Trinajstić information content (AvgIpc) is 2.26. The number of hydrogen-bond acceptors (Lipinski definition) is 4. The summed E-state index contributed by atoms with van der Waals surface area (Å²) in [6, 6.07) is 3.15. The molecule has 1 rings (SSSR count). The van der Waals surface area contributed by atoms with Gasteiger partial charge in [-0.2, -0.15) is 0 Å². The van der Waals surface area contributed by atoms with Crippen LogP contribution in [0.4, 0.5) is 0 Å². The third kappa shape index (κ3) is 2.27. The van der Waals surface area contributed by atoms with Crippen molar-refractivity contribution in [2.75, 3.05) is 13.7 Å². The number of ether oxygens (including phenoxy) is 1. The van der Waals surface area contributed by atoms with Gasteiger partial charge in [0.25, 0.3) is 0 Å². The molecule has 0 aromatic heterocycles. The summed E-state index contributed by atoms with van der Waals surface area (Å²) in [5, 5.41) is 9.61. The number of phenolic OH excluding ortho intramolecular Hbond substituents is 1. The van der Waals surface area contributed by atoms with Gasteiger partial charge in [0.1, 0.15) is 0 Å². The molecule has 0 saturated carbocycles. The molecule has 0 atom stereocenters. The van der Waals surface area contributed by atoms with Crippen molar-refractivity contribution in [1.29, 1.82) is 0 Å². The van der Waals surface area contributed by atoms with Crippen molar-refractivity contribution in [1.82, 2.24) is 0 Å². The van der Waals surface area contributed by atoms with Gasteiger partial charge < -0.3 is 15.6 Å². The van der Waals surface area contributed by atoms with E-state index in [9.17, 15) is 9.90 Å². The molecule has 3 N–H and O–H groups in total. The van der Waals surface area contributed by atoms with Crippen molar-refractivity contribution in [3.8, 4) is 23.3 Å². The third-order valence-electron chi connectivity index (χ3n) is 1.84. The maximum atomic E-state index is 10.8. The molecular formula is C11H11NO3. The van der Waals surface area contributed by atoms with Gasteiger partial charge in [-0.05, 0) is 12.1 Å². The van der Waals surface area contributed by atoms with Gasteiger partial charge in [-0.1, -0.05) is 11.8 Å². The van der Waals surface area contributed by atoms with E-state index in [4.69, 9.17) is 10.5 Å². The molecular weight excluding hydrogens is 194 g/mol. The van der Waals surface area contributed by atoms with E-state index in [1.54, 1.807) is 12.1 Å². The van der Waals surface area contributed by atoms with Crippen molar-refractivity contribution < 1.29 is 14.6 Å². The molecule has 0 heterocycles. The van der Waals surface area contributed by atoms with E-state index >= 15 is 0 Å². The number of carbonyl (C=O) groups excluding carboxylic acids is 1. The molecule has 1 aromatic rings. The number of rotatable bonds is 2. The zero-order chi connectivity index (χ0) is 11.3. The van der Waals surface area contributed by atoms with Gasteiger partial charge in [0.15, 0.2) is 17.8 Å². The van der Waals surface area contributed by atoms with Gasteiger partial charge in [-0.25, -0.2) is 0 Å². The highest BCUT2D eigenvalue weighted by molar-refractivity contribution is 5.85. The number of methoxy groups -OCH3 is 1. The minimum absolute atomic E-state index is 0.121. The molecule has 0 aliphatic carbocycles. The molecule has 4 heteroatoms.